The lowest BCUT2D eigenvalue weighted by atomic mass is 9.78. The number of rotatable bonds is 8. The predicted octanol–water partition coefficient (Wildman–Crippen LogP) is 18.2. The second-order valence-corrected chi connectivity index (χ2v) is 24.1. The zero-order valence-corrected chi connectivity index (χ0v) is 45.3. The topological polar surface area (TPSA) is 35.9 Å². The molecule has 0 saturated carbocycles. The fourth-order valence-electron chi connectivity index (χ4n) is 10.2. The molecule has 0 amide bonds. The van der Waals surface area contributed by atoms with Crippen molar-refractivity contribution < 1.29 is 16.2 Å². The zero-order valence-electron chi connectivity index (χ0n) is 50.3. The molecular formula is C70H68N4O. The van der Waals surface area contributed by atoms with Crippen LogP contribution in [0.1, 0.15) is 112 Å². The Morgan fingerprint density at radius 3 is 1.79 bits per heavy atom. The molecule has 0 saturated heterocycles. The number of para-hydroxylation sites is 2. The number of benzene rings is 8. The van der Waals surface area contributed by atoms with Crippen molar-refractivity contribution >= 4 is 32.8 Å². The summed E-state index contributed by atoms with van der Waals surface area (Å²) in [6.07, 6.45) is 5.70. The Morgan fingerprint density at radius 1 is 0.467 bits per heavy atom. The van der Waals surface area contributed by atoms with Crippen molar-refractivity contribution in [2.45, 2.75) is 105 Å². The van der Waals surface area contributed by atoms with E-state index in [4.69, 9.17) is 13.8 Å². The number of hydrogen-bond donors (Lipinski definition) is 0. The molecule has 3 heterocycles. The van der Waals surface area contributed by atoms with Crippen LogP contribution in [0.15, 0.2) is 194 Å². The van der Waals surface area contributed by atoms with Crippen LogP contribution in [-0.4, -0.2) is 14.1 Å². The first-order valence-electron chi connectivity index (χ1n) is 28.5. The van der Waals surface area contributed by atoms with E-state index in [9.17, 15) is 2.74 Å². The smallest absolute Gasteiger partial charge is 0.269 e. The van der Waals surface area contributed by atoms with E-state index in [1.165, 1.54) is 11.1 Å². The molecule has 0 fully saturated rings. The molecule has 0 aliphatic heterocycles. The Labute approximate surface area is 450 Å². The lowest BCUT2D eigenvalue weighted by Crippen LogP contribution is -2.31. The van der Waals surface area contributed by atoms with Crippen molar-refractivity contribution in [2.24, 2.45) is 0 Å². The molecule has 5 heteroatoms. The van der Waals surface area contributed by atoms with Crippen LogP contribution in [0.4, 0.5) is 0 Å². The first-order valence-corrected chi connectivity index (χ1v) is 26.0. The SMILES string of the molecule is [2H]c1c([2H])c([2H])c(-c2cccc(-c3cc(C(C)(C)C)cc(C(C)(C)C)c3)c2-[n+]2[c-]n(-c3cccc(Oc4ccc5c6ccccc6n(-c6cc(C(C)(C)C)ccn6)c5c4)c3)c3cc(-c4ccc(C(C)(C)C)cc4)ccc32)c([2H])c1[2H]. The van der Waals surface area contributed by atoms with Crippen LogP contribution in [-0.2, 0) is 21.7 Å². The van der Waals surface area contributed by atoms with Gasteiger partial charge in [-0.1, -0.05) is 210 Å². The van der Waals surface area contributed by atoms with E-state index in [1.54, 1.807) is 0 Å². The minimum Gasteiger partial charge on any atom is -0.458 e. The Bertz CT molecular complexity index is 4190. The molecule has 0 spiro atoms. The highest BCUT2D eigenvalue weighted by Crippen LogP contribution is 2.41. The fourth-order valence-corrected chi connectivity index (χ4v) is 10.2. The van der Waals surface area contributed by atoms with Crippen molar-refractivity contribution in [3.63, 3.8) is 0 Å². The summed E-state index contributed by atoms with van der Waals surface area (Å²) in [5.41, 5.74) is 13.7. The summed E-state index contributed by atoms with van der Waals surface area (Å²) in [5, 5.41) is 2.22. The lowest BCUT2D eigenvalue weighted by molar-refractivity contribution is -0.571. The molecule has 0 atom stereocenters. The monoisotopic (exact) mass is 986 g/mol. The molecule has 0 N–H and O–H groups in total. The summed E-state index contributed by atoms with van der Waals surface area (Å²) >= 11 is 0. The van der Waals surface area contributed by atoms with Crippen molar-refractivity contribution in [2.75, 3.05) is 0 Å². The third-order valence-corrected chi connectivity index (χ3v) is 14.5. The van der Waals surface area contributed by atoms with Gasteiger partial charge in [0, 0.05) is 23.0 Å². The minimum absolute atomic E-state index is 0.0182. The highest BCUT2D eigenvalue weighted by molar-refractivity contribution is 6.09. The molecule has 0 bridgehead atoms. The Morgan fingerprint density at radius 2 is 1.09 bits per heavy atom. The van der Waals surface area contributed by atoms with Crippen molar-refractivity contribution in [3.05, 3.63) is 223 Å². The summed E-state index contributed by atoms with van der Waals surface area (Å²) in [5.74, 6) is 2.11. The van der Waals surface area contributed by atoms with Gasteiger partial charge in [-0.25, -0.2) is 4.98 Å². The van der Waals surface area contributed by atoms with E-state index in [1.807, 2.05) is 57.8 Å². The normalized spacial score (nSPS) is 13.5. The third-order valence-electron chi connectivity index (χ3n) is 14.5. The van der Waals surface area contributed by atoms with Gasteiger partial charge >= 0.3 is 0 Å². The predicted molar refractivity (Wildman–Crippen MR) is 313 cm³/mol. The van der Waals surface area contributed by atoms with Gasteiger partial charge in [-0.05, 0) is 132 Å². The molecule has 374 valence electrons. The van der Waals surface area contributed by atoms with Gasteiger partial charge in [0.2, 0.25) is 0 Å². The number of pyridine rings is 1. The first-order chi connectivity index (χ1) is 37.8. The maximum absolute atomic E-state index is 9.38. The van der Waals surface area contributed by atoms with Gasteiger partial charge in [-0.3, -0.25) is 13.7 Å². The highest BCUT2D eigenvalue weighted by atomic mass is 16.5. The van der Waals surface area contributed by atoms with Crippen molar-refractivity contribution in [3.8, 4) is 62.1 Å². The van der Waals surface area contributed by atoms with Crippen molar-refractivity contribution in [1.29, 1.82) is 0 Å². The van der Waals surface area contributed by atoms with Gasteiger partial charge in [-0.15, -0.1) is 0 Å². The van der Waals surface area contributed by atoms with E-state index < -0.39 is 18.1 Å². The second-order valence-electron chi connectivity index (χ2n) is 24.1. The molecule has 0 radical (unpaired) electrons. The van der Waals surface area contributed by atoms with E-state index in [0.717, 1.165) is 77.7 Å². The Hall–Kier alpha value is -8.02. The second kappa shape index (κ2) is 18.4. The number of nitrogens with zero attached hydrogens (tertiary/aromatic N) is 4. The summed E-state index contributed by atoms with van der Waals surface area (Å²) in [7, 11) is 0. The van der Waals surface area contributed by atoms with E-state index in [2.05, 4.69) is 209 Å². The summed E-state index contributed by atoms with van der Waals surface area (Å²) < 4.78 is 58.2. The maximum atomic E-state index is 9.38. The fraction of sp³-hybridized carbons (Fsp3) is 0.229. The van der Waals surface area contributed by atoms with Crippen LogP contribution in [0.5, 0.6) is 11.5 Å². The number of hydrogen-bond acceptors (Lipinski definition) is 2. The molecule has 0 aliphatic rings. The summed E-state index contributed by atoms with van der Waals surface area (Å²) in [4.78, 5) is 4.90. The van der Waals surface area contributed by atoms with Gasteiger partial charge in [0.05, 0.1) is 40.3 Å². The minimum atomic E-state index is -0.444. The van der Waals surface area contributed by atoms with E-state index in [-0.39, 0.29) is 39.3 Å². The van der Waals surface area contributed by atoms with Crippen LogP contribution in [0.2, 0.25) is 0 Å². The van der Waals surface area contributed by atoms with Gasteiger partial charge in [0.15, 0.2) is 0 Å². The molecule has 0 aliphatic carbocycles. The van der Waals surface area contributed by atoms with Crippen LogP contribution in [0.25, 0.3) is 83.4 Å². The van der Waals surface area contributed by atoms with Crippen LogP contribution in [0.3, 0.4) is 0 Å². The quantitative estimate of drug-likeness (QED) is 0.112. The molecule has 3 aromatic heterocycles. The molecule has 11 aromatic rings. The molecule has 5 nitrogen and oxygen atoms in total. The zero-order chi connectivity index (χ0) is 57.0. The largest absolute Gasteiger partial charge is 0.458 e. The third kappa shape index (κ3) is 9.46. The lowest BCUT2D eigenvalue weighted by Gasteiger charge is -2.27. The number of ether oxygens (including phenoxy) is 1. The standard InChI is InChI=1S/C70H68N4O/c1-67(2,3)50-31-28-46(29-32-50)48-30-35-62-64(40-48)72(45-73(62)66-57(47-20-14-13-15-21-47)25-19-26-58(66)49-38-52(69(7,8)9)41-53(39-49)70(10,11)12)54-22-18-23-55(43-54)75-56-33-34-60-59-24-16-17-27-61(59)74(63(60)44-56)65-42-51(36-37-71-65)68(4,5)6/h13-44H,1-12H3/i13D,14D,15D,20D,21D. The summed E-state index contributed by atoms with van der Waals surface area (Å²) in [6, 6.07) is 52.9. The van der Waals surface area contributed by atoms with Gasteiger partial charge in [0.25, 0.3) is 6.33 Å². The Balaban J connectivity index is 1.14. The van der Waals surface area contributed by atoms with E-state index in [0.29, 0.717) is 22.7 Å². The van der Waals surface area contributed by atoms with Crippen molar-refractivity contribution in [1.82, 2.24) is 14.1 Å². The number of imidazole rings is 1. The number of aromatic nitrogens is 4. The molecule has 0 unspecified atom stereocenters. The van der Waals surface area contributed by atoms with E-state index >= 15 is 0 Å². The highest BCUT2D eigenvalue weighted by Gasteiger charge is 2.26. The molecule has 8 aromatic carbocycles. The average Bonchev–Trinajstić information content (AvgIpc) is 3.96. The van der Waals surface area contributed by atoms with Crippen LogP contribution in [0, 0.1) is 6.33 Å². The van der Waals surface area contributed by atoms with Gasteiger partial charge < -0.3 is 4.74 Å². The van der Waals surface area contributed by atoms with Crippen LogP contribution >= 0.6 is 0 Å². The van der Waals surface area contributed by atoms with Gasteiger partial charge in [-0.2, -0.15) is 0 Å². The maximum Gasteiger partial charge on any atom is 0.269 e. The van der Waals surface area contributed by atoms with Crippen LogP contribution < -0.4 is 9.30 Å². The molecular weight excluding hydrogens is 913 g/mol. The first kappa shape index (κ1) is 43.4. The molecule has 75 heavy (non-hydrogen) atoms. The average molecular weight is 986 g/mol. The molecule has 11 rings (SSSR count). The Kier molecular flexibility index (Phi) is 10.7. The summed E-state index contributed by atoms with van der Waals surface area (Å²) in [6.45, 7) is 26.6. The van der Waals surface area contributed by atoms with Gasteiger partial charge in [0.1, 0.15) is 17.3 Å². The number of fused-ring (bicyclic) bond motifs is 4.